The number of benzene rings is 2. The fourth-order valence-corrected chi connectivity index (χ4v) is 4.84. The third-order valence-electron chi connectivity index (χ3n) is 6.12. The molecule has 1 aliphatic rings. The van der Waals surface area contributed by atoms with Crippen LogP contribution in [0.25, 0.3) is 28.0 Å². The molecule has 1 amide bonds. The minimum absolute atomic E-state index is 0.0397. The average molecular weight is 512 g/mol. The maximum Gasteiger partial charge on any atom is 0.275 e. The molecule has 0 bridgehead atoms. The number of piperidine rings is 1. The van der Waals surface area contributed by atoms with Crippen LogP contribution in [0.1, 0.15) is 28.9 Å². The summed E-state index contributed by atoms with van der Waals surface area (Å²) in [7, 11) is 1.73. The molecule has 0 unspecified atom stereocenters. The summed E-state index contributed by atoms with van der Waals surface area (Å²) >= 11 is 13.2. The van der Waals surface area contributed by atoms with Crippen LogP contribution in [0.5, 0.6) is 0 Å². The van der Waals surface area contributed by atoms with Crippen molar-refractivity contribution in [2.45, 2.75) is 18.9 Å². The Labute approximate surface area is 210 Å². The lowest BCUT2D eigenvalue weighted by atomic mass is 10.1. The van der Waals surface area contributed by atoms with Crippen molar-refractivity contribution in [2.24, 2.45) is 12.8 Å². The second-order valence-electron chi connectivity index (χ2n) is 8.49. The second-order valence-corrected chi connectivity index (χ2v) is 9.20. The number of fused-ring (bicyclic) bond motifs is 1. The molecule has 1 saturated heterocycles. The van der Waals surface area contributed by atoms with E-state index in [2.05, 4.69) is 10.1 Å². The minimum Gasteiger partial charge on any atom is -0.336 e. The predicted octanol–water partition coefficient (Wildman–Crippen LogP) is 4.31. The first-order chi connectivity index (χ1) is 16.8. The van der Waals surface area contributed by atoms with Gasteiger partial charge in [-0.15, -0.1) is 0 Å². The number of nitrogens with zero attached hydrogens (tertiary/aromatic N) is 6. The molecule has 4 aromatic rings. The molecule has 8 nitrogen and oxygen atoms in total. The predicted molar refractivity (Wildman–Crippen MR) is 131 cm³/mol. The lowest BCUT2D eigenvalue weighted by molar-refractivity contribution is 0.0703. The summed E-state index contributed by atoms with van der Waals surface area (Å²) in [6.45, 7) is 0.952. The van der Waals surface area contributed by atoms with Gasteiger partial charge in [0.25, 0.3) is 5.91 Å². The number of halogens is 3. The van der Waals surface area contributed by atoms with Crippen LogP contribution in [0, 0.1) is 17.1 Å². The quantitative estimate of drug-likeness (QED) is 0.441. The van der Waals surface area contributed by atoms with E-state index in [0.29, 0.717) is 40.4 Å². The molecule has 5 rings (SSSR count). The van der Waals surface area contributed by atoms with Gasteiger partial charge in [-0.25, -0.2) is 9.37 Å². The van der Waals surface area contributed by atoms with Crippen LogP contribution >= 0.6 is 23.2 Å². The molecule has 0 spiro atoms. The number of amides is 1. The van der Waals surface area contributed by atoms with Crippen LogP contribution < -0.4 is 5.73 Å². The highest BCUT2D eigenvalue weighted by molar-refractivity contribution is 6.34. The number of nitrogens with two attached hydrogens (primary N) is 1. The van der Waals surface area contributed by atoms with Crippen LogP contribution in [0.2, 0.25) is 10.3 Å². The fraction of sp³-hybridized carbons (Fsp3) is 0.250. The highest BCUT2D eigenvalue weighted by Gasteiger charge is 2.29. The number of nitriles is 1. The molecule has 2 aromatic heterocycles. The van der Waals surface area contributed by atoms with Gasteiger partial charge < -0.3 is 10.6 Å². The van der Waals surface area contributed by atoms with Gasteiger partial charge in [-0.2, -0.15) is 10.4 Å². The van der Waals surface area contributed by atoms with Crippen LogP contribution in [0.3, 0.4) is 0 Å². The number of hydrogen-bond donors (Lipinski definition) is 1. The molecule has 1 atom stereocenters. The summed E-state index contributed by atoms with van der Waals surface area (Å²) < 4.78 is 17.6. The summed E-state index contributed by atoms with van der Waals surface area (Å²) in [5.74, 6) is -0.793. The molecule has 1 aliphatic heterocycles. The number of hydrogen-bond acceptors (Lipinski definition) is 5. The molecule has 1 fully saturated rings. The standard InChI is InChI=1S/C24H20Cl2FN7O/c1-32-21(25)17-10-16(6-7-19(17)31-32)34-22(26)20(24(35)33-8-2-3-15(29)12-33)30-23(34)13-4-5-14(11-28)18(27)9-13/h4-7,9-10,15H,2-3,8,12,29H2,1H3/t15-/m1/s1. The Bertz CT molecular complexity index is 1520. The second kappa shape index (κ2) is 8.96. The highest BCUT2D eigenvalue weighted by atomic mass is 35.5. The van der Waals surface area contributed by atoms with Gasteiger partial charge in [-0.1, -0.05) is 23.2 Å². The van der Waals surface area contributed by atoms with E-state index in [-0.39, 0.29) is 34.2 Å². The monoisotopic (exact) mass is 511 g/mol. The van der Waals surface area contributed by atoms with E-state index < -0.39 is 5.82 Å². The summed E-state index contributed by atoms with van der Waals surface area (Å²) in [4.78, 5) is 19.6. The summed E-state index contributed by atoms with van der Waals surface area (Å²) in [6, 6.07) is 11.2. The van der Waals surface area contributed by atoms with E-state index in [1.807, 2.05) is 0 Å². The van der Waals surface area contributed by atoms with Crippen LogP contribution in [0.4, 0.5) is 4.39 Å². The number of rotatable bonds is 3. The average Bonchev–Trinajstić information content (AvgIpc) is 3.34. The Hall–Kier alpha value is -3.45. The molecule has 0 radical (unpaired) electrons. The fourth-order valence-electron chi connectivity index (χ4n) is 4.35. The molecular weight excluding hydrogens is 492 g/mol. The number of aromatic nitrogens is 4. The smallest absolute Gasteiger partial charge is 0.275 e. The molecule has 11 heteroatoms. The normalized spacial score (nSPS) is 16.0. The van der Waals surface area contributed by atoms with Crippen LogP contribution in [0.15, 0.2) is 36.4 Å². The lowest BCUT2D eigenvalue weighted by Gasteiger charge is -2.30. The van der Waals surface area contributed by atoms with Gasteiger partial charge in [0.1, 0.15) is 28.0 Å². The zero-order valence-electron chi connectivity index (χ0n) is 18.7. The zero-order valence-corrected chi connectivity index (χ0v) is 20.2. The maximum atomic E-state index is 14.5. The Morgan fingerprint density at radius 2 is 2.03 bits per heavy atom. The van der Waals surface area contributed by atoms with E-state index >= 15 is 0 Å². The molecule has 178 valence electrons. The third-order valence-corrected chi connectivity index (χ3v) is 6.92. The van der Waals surface area contributed by atoms with E-state index in [0.717, 1.165) is 12.8 Å². The van der Waals surface area contributed by atoms with E-state index in [1.165, 1.54) is 12.1 Å². The number of aryl methyl sites for hydroxylation is 1. The molecule has 0 aliphatic carbocycles. The van der Waals surface area contributed by atoms with Gasteiger partial charge >= 0.3 is 0 Å². The zero-order chi connectivity index (χ0) is 24.9. The first-order valence-corrected chi connectivity index (χ1v) is 11.7. The number of carbonyl (C=O) groups is 1. The largest absolute Gasteiger partial charge is 0.336 e. The first-order valence-electron chi connectivity index (χ1n) is 10.9. The Balaban J connectivity index is 1.70. The molecule has 2 aromatic carbocycles. The van der Waals surface area contributed by atoms with Gasteiger partial charge in [-0.3, -0.25) is 14.0 Å². The molecule has 35 heavy (non-hydrogen) atoms. The van der Waals surface area contributed by atoms with Crippen LogP contribution in [-0.2, 0) is 7.05 Å². The molecule has 3 heterocycles. The van der Waals surface area contributed by atoms with E-state index in [4.69, 9.17) is 34.2 Å². The van der Waals surface area contributed by atoms with Gasteiger partial charge in [0.05, 0.1) is 11.1 Å². The Kier molecular flexibility index (Phi) is 5.97. The summed E-state index contributed by atoms with van der Waals surface area (Å²) in [6.07, 6.45) is 1.63. The topological polar surface area (TPSA) is 106 Å². The van der Waals surface area contributed by atoms with Crippen molar-refractivity contribution in [3.8, 4) is 23.1 Å². The minimum atomic E-state index is -0.698. The lowest BCUT2D eigenvalue weighted by Crippen LogP contribution is -2.45. The van der Waals surface area contributed by atoms with Crippen molar-refractivity contribution in [1.82, 2.24) is 24.2 Å². The summed E-state index contributed by atoms with van der Waals surface area (Å²) in [5.41, 5.74) is 7.62. The number of imidazole rings is 1. The van der Waals surface area contributed by atoms with Crippen molar-refractivity contribution in [1.29, 1.82) is 5.26 Å². The first kappa shape index (κ1) is 23.3. The molecule has 0 saturated carbocycles. The third kappa shape index (κ3) is 4.04. The molecular formula is C24H20Cl2FN7O. The van der Waals surface area contributed by atoms with Crippen molar-refractivity contribution in [3.63, 3.8) is 0 Å². The van der Waals surface area contributed by atoms with Crippen molar-refractivity contribution >= 4 is 40.0 Å². The van der Waals surface area contributed by atoms with Crippen molar-refractivity contribution < 1.29 is 9.18 Å². The Morgan fingerprint density at radius 3 is 2.74 bits per heavy atom. The summed E-state index contributed by atoms with van der Waals surface area (Å²) in [5, 5.41) is 14.7. The van der Waals surface area contributed by atoms with Gasteiger partial charge in [0.15, 0.2) is 5.69 Å². The van der Waals surface area contributed by atoms with E-state index in [1.54, 1.807) is 51.5 Å². The van der Waals surface area contributed by atoms with Gasteiger partial charge in [-0.05, 0) is 49.2 Å². The maximum absolute atomic E-state index is 14.5. The van der Waals surface area contributed by atoms with Gasteiger partial charge in [0, 0.05) is 42.8 Å². The highest BCUT2D eigenvalue weighted by Crippen LogP contribution is 2.34. The Morgan fingerprint density at radius 1 is 1.23 bits per heavy atom. The number of likely N-dealkylation sites (tertiary alicyclic amines) is 1. The van der Waals surface area contributed by atoms with Crippen LogP contribution in [-0.4, -0.2) is 49.3 Å². The van der Waals surface area contributed by atoms with Crippen molar-refractivity contribution in [3.05, 3.63) is 63.8 Å². The van der Waals surface area contributed by atoms with Crippen molar-refractivity contribution in [2.75, 3.05) is 13.1 Å². The number of carbonyl (C=O) groups excluding carboxylic acids is 1. The SMILES string of the molecule is Cn1nc2ccc(-n3c(-c4ccc(C#N)c(F)c4)nc(C(=O)N4CCC[C@@H](N)C4)c3Cl)cc2c1Cl. The van der Waals surface area contributed by atoms with Gasteiger partial charge in [0.2, 0.25) is 0 Å². The molecule has 2 N–H and O–H groups in total. The van der Waals surface area contributed by atoms with E-state index in [9.17, 15) is 9.18 Å².